The molecule has 0 unspecified atom stereocenters. The fourth-order valence-electron chi connectivity index (χ4n) is 2.94. The molecule has 0 N–H and O–H groups in total. The number of hydrogen-bond acceptors (Lipinski definition) is 4. The van der Waals surface area contributed by atoms with Gasteiger partial charge in [-0.05, 0) is 36.8 Å². The number of carbonyl (C=O) groups is 1. The molecule has 24 heavy (non-hydrogen) atoms. The van der Waals surface area contributed by atoms with E-state index in [1.54, 1.807) is 6.92 Å². The molecule has 1 fully saturated rings. The first kappa shape index (κ1) is 16.6. The van der Waals surface area contributed by atoms with Gasteiger partial charge in [0.2, 0.25) is 5.91 Å². The van der Waals surface area contributed by atoms with E-state index in [9.17, 15) is 4.79 Å². The predicted octanol–water partition coefficient (Wildman–Crippen LogP) is 3.08. The Labute approximate surface area is 143 Å². The summed E-state index contributed by atoms with van der Waals surface area (Å²) in [6, 6.07) is 10.2. The van der Waals surface area contributed by atoms with E-state index in [1.807, 2.05) is 17.0 Å². The number of anilines is 1. The third-order valence-corrected chi connectivity index (χ3v) is 4.46. The van der Waals surface area contributed by atoms with Crippen LogP contribution in [-0.4, -0.2) is 48.6 Å². The third-order valence-electron chi connectivity index (χ3n) is 4.46. The van der Waals surface area contributed by atoms with Gasteiger partial charge in [-0.25, -0.2) is 4.98 Å². The molecule has 0 saturated carbocycles. The quantitative estimate of drug-likeness (QED) is 0.792. The second kappa shape index (κ2) is 7.51. The van der Waals surface area contributed by atoms with Gasteiger partial charge >= 0.3 is 0 Å². The van der Waals surface area contributed by atoms with Gasteiger partial charge in [0.1, 0.15) is 11.6 Å². The van der Waals surface area contributed by atoms with Gasteiger partial charge in [-0.3, -0.25) is 4.79 Å². The molecular weight excluding hydrogens is 302 g/mol. The second-order valence-corrected chi connectivity index (χ2v) is 6.22. The van der Waals surface area contributed by atoms with Crippen LogP contribution in [-0.2, 0) is 4.79 Å². The molecule has 2 heterocycles. The molecule has 0 bridgehead atoms. The number of ether oxygens (including phenoxy) is 1. The van der Waals surface area contributed by atoms with Crippen LogP contribution in [0.25, 0.3) is 10.9 Å². The lowest BCUT2D eigenvalue weighted by Gasteiger charge is -2.35. The first-order valence-corrected chi connectivity index (χ1v) is 8.71. The lowest BCUT2D eigenvalue weighted by atomic mass is 10.2. The molecule has 1 aromatic heterocycles. The molecule has 0 radical (unpaired) electrons. The van der Waals surface area contributed by atoms with Crippen LogP contribution in [0.3, 0.4) is 0 Å². The number of fused-ring (bicyclic) bond motifs is 1. The zero-order valence-corrected chi connectivity index (χ0v) is 14.5. The zero-order chi connectivity index (χ0) is 16.9. The number of aromatic nitrogens is 1. The number of benzene rings is 1. The minimum atomic E-state index is 0.150. The molecule has 5 heteroatoms. The maximum Gasteiger partial charge on any atom is 0.219 e. The summed E-state index contributed by atoms with van der Waals surface area (Å²) in [5.41, 5.74) is 0.976. The Kier molecular flexibility index (Phi) is 5.18. The van der Waals surface area contributed by atoms with E-state index in [4.69, 9.17) is 9.72 Å². The van der Waals surface area contributed by atoms with Crippen molar-refractivity contribution in [1.29, 1.82) is 0 Å². The van der Waals surface area contributed by atoms with E-state index >= 15 is 0 Å². The molecule has 1 aliphatic rings. The molecule has 1 amide bonds. The van der Waals surface area contributed by atoms with Crippen molar-refractivity contribution in [3.05, 3.63) is 30.3 Å². The molecule has 2 aromatic rings. The van der Waals surface area contributed by atoms with Gasteiger partial charge in [-0.2, -0.15) is 0 Å². The van der Waals surface area contributed by atoms with Crippen LogP contribution in [0.4, 0.5) is 5.82 Å². The van der Waals surface area contributed by atoms with Crippen molar-refractivity contribution < 1.29 is 9.53 Å². The van der Waals surface area contributed by atoms with Crippen LogP contribution >= 0.6 is 0 Å². The fourth-order valence-corrected chi connectivity index (χ4v) is 2.94. The Morgan fingerprint density at radius 2 is 1.96 bits per heavy atom. The van der Waals surface area contributed by atoms with Crippen molar-refractivity contribution in [1.82, 2.24) is 9.88 Å². The Morgan fingerprint density at radius 3 is 2.67 bits per heavy atom. The van der Waals surface area contributed by atoms with Crippen LogP contribution in [0.5, 0.6) is 5.75 Å². The van der Waals surface area contributed by atoms with E-state index in [0.29, 0.717) is 0 Å². The Balaban J connectivity index is 1.70. The summed E-state index contributed by atoms with van der Waals surface area (Å²) < 4.78 is 5.76. The van der Waals surface area contributed by atoms with Gasteiger partial charge in [-0.15, -0.1) is 0 Å². The van der Waals surface area contributed by atoms with Crippen molar-refractivity contribution in [3.8, 4) is 5.75 Å². The summed E-state index contributed by atoms with van der Waals surface area (Å²) in [6.07, 6.45) is 2.21. The van der Waals surface area contributed by atoms with Gasteiger partial charge in [-0.1, -0.05) is 13.3 Å². The van der Waals surface area contributed by atoms with E-state index in [1.165, 1.54) is 0 Å². The smallest absolute Gasteiger partial charge is 0.219 e. The number of rotatable bonds is 5. The second-order valence-electron chi connectivity index (χ2n) is 6.22. The molecule has 1 saturated heterocycles. The maximum absolute atomic E-state index is 11.4. The van der Waals surface area contributed by atoms with Crippen molar-refractivity contribution in [3.63, 3.8) is 0 Å². The van der Waals surface area contributed by atoms with E-state index in [-0.39, 0.29) is 5.91 Å². The molecule has 0 atom stereocenters. The summed E-state index contributed by atoms with van der Waals surface area (Å²) in [7, 11) is 0. The average molecular weight is 327 g/mol. The van der Waals surface area contributed by atoms with Gasteiger partial charge in [0.05, 0.1) is 12.1 Å². The number of carbonyl (C=O) groups excluding carboxylic acids is 1. The maximum atomic E-state index is 11.4. The van der Waals surface area contributed by atoms with Crippen LogP contribution in [0, 0.1) is 0 Å². The Morgan fingerprint density at radius 1 is 1.17 bits per heavy atom. The number of nitrogens with zero attached hydrogens (tertiary/aromatic N) is 3. The average Bonchev–Trinajstić information content (AvgIpc) is 2.61. The Hall–Kier alpha value is -2.30. The van der Waals surface area contributed by atoms with Gasteiger partial charge < -0.3 is 14.5 Å². The van der Waals surface area contributed by atoms with Crippen molar-refractivity contribution in [2.45, 2.75) is 26.7 Å². The monoisotopic (exact) mass is 327 g/mol. The lowest BCUT2D eigenvalue weighted by Crippen LogP contribution is -2.48. The predicted molar refractivity (Wildman–Crippen MR) is 96.6 cm³/mol. The highest BCUT2D eigenvalue weighted by Gasteiger charge is 2.19. The zero-order valence-electron chi connectivity index (χ0n) is 14.5. The van der Waals surface area contributed by atoms with Crippen LogP contribution in [0.2, 0.25) is 0 Å². The fraction of sp³-hybridized carbons (Fsp3) is 0.474. The molecule has 1 aromatic carbocycles. The largest absolute Gasteiger partial charge is 0.494 e. The van der Waals surface area contributed by atoms with Crippen LogP contribution < -0.4 is 9.64 Å². The van der Waals surface area contributed by atoms with E-state index in [0.717, 1.165) is 68.1 Å². The molecule has 5 nitrogen and oxygen atoms in total. The van der Waals surface area contributed by atoms with Crippen LogP contribution in [0.1, 0.15) is 26.7 Å². The highest BCUT2D eigenvalue weighted by atomic mass is 16.5. The normalized spacial score (nSPS) is 14.9. The SMILES string of the molecule is CCCCOc1ccc2nc(N3CCN(C(C)=O)CC3)ccc2c1. The van der Waals surface area contributed by atoms with Crippen molar-refractivity contribution >= 4 is 22.6 Å². The third kappa shape index (κ3) is 3.78. The summed E-state index contributed by atoms with van der Waals surface area (Å²) >= 11 is 0. The number of piperazine rings is 1. The Bertz CT molecular complexity index is 709. The van der Waals surface area contributed by atoms with Gasteiger partial charge in [0.25, 0.3) is 0 Å². The minimum Gasteiger partial charge on any atom is -0.494 e. The van der Waals surface area contributed by atoms with E-state index < -0.39 is 0 Å². The molecular formula is C19H25N3O2. The first-order chi connectivity index (χ1) is 11.7. The number of amides is 1. The summed E-state index contributed by atoms with van der Waals surface area (Å²) in [4.78, 5) is 20.3. The summed E-state index contributed by atoms with van der Waals surface area (Å²) in [5, 5.41) is 1.09. The number of hydrogen-bond donors (Lipinski definition) is 0. The number of pyridine rings is 1. The standard InChI is InChI=1S/C19H25N3O2/c1-3-4-13-24-17-6-7-18-16(14-17)5-8-19(20-18)22-11-9-21(10-12-22)15(2)23/h5-8,14H,3-4,9-13H2,1-2H3. The minimum absolute atomic E-state index is 0.150. The number of unbranched alkanes of at least 4 members (excludes halogenated alkanes) is 1. The van der Waals surface area contributed by atoms with Gasteiger partial charge in [0, 0.05) is 38.5 Å². The summed E-state index contributed by atoms with van der Waals surface area (Å²) in [6.45, 7) is 7.73. The molecule has 0 spiro atoms. The van der Waals surface area contributed by atoms with Gasteiger partial charge in [0.15, 0.2) is 0 Å². The highest BCUT2D eigenvalue weighted by molar-refractivity contribution is 5.82. The van der Waals surface area contributed by atoms with Crippen molar-refractivity contribution in [2.75, 3.05) is 37.7 Å². The summed E-state index contributed by atoms with van der Waals surface area (Å²) in [5.74, 6) is 2.03. The topological polar surface area (TPSA) is 45.7 Å². The molecule has 0 aliphatic carbocycles. The highest BCUT2D eigenvalue weighted by Crippen LogP contribution is 2.23. The van der Waals surface area contributed by atoms with Crippen molar-refractivity contribution in [2.24, 2.45) is 0 Å². The molecule has 3 rings (SSSR count). The molecule has 1 aliphatic heterocycles. The van der Waals surface area contributed by atoms with Crippen LogP contribution in [0.15, 0.2) is 30.3 Å². The lowest BCUT2D eigenvalue weighted by molar-refractivity contribution is -0.129. The first-order valence-electron chi connectivity index (χ1n) is 8.71. The van der Waals surface area contributed by atoms with E-state index in [2.05, 4.69) is 30.0 Å². The molecule has 128 valence electrons.